The number of carbonyl (C=O) groups excluding carboxylic acids is 2. The number of anilines is 1. The van der Waals surface area contributed by atoms with Crippen LogP contribution in [0.4, 0.5) is 36.4 Å². The van der Waals surface area contributed by atoms with Crippen LogP contribution in [0.25, 0.3) is 0 Å². The van der Waals surface area contributed by atoms with Gasteiger partial charge in [0, 0.05) is 17.3 Å². The zero-order valence-corrected chi connectivity index (χ0v) is 20.0. The van der Waals surface area contributed by atoms with Crippen LogP contribution >= 0.6 is 11.6 Å². The molecule has 0 saturated heterocycles. The van der Waals surface area contributed by atoms with E-state index in [1.54, 1.807) is 0 Å². The summed E-state index contributed by atoms with van der Waals surface area (Å²) < 4.78 is 114. The zero-order valence-electron chi connectivity index (χ0n) is 18.4. The van der Waals surface area contributed by atoms with Crippen molar-refractivity contribution < 1.29 is 48.7 Å². The zero-order chi connectivity index (χ0) is 27.6. The van der Waals surface area contributed by atoms with E-state index in [-0.39, 0.29) is 33.5 Å². The fourth-order valence-electron chi connectivity index (χ4n) is 3.21. The lowest BCUT2D eigenvalue weighted by Gasteiger charge is -2.30. The molecule has 0 fully saturated rings. The average molecular weight is 563 g/mol. The summed E-state index contributed by atoms with van der Waals surface area (Å²) in [6, 6.07) is 4.08. The van der Waals surface area contributed by atoms with Crippen molar-refractivity contribution in [2.24, 2.45) is 0 Å². The van der Waals surface area contributed by atoms with E-state index in [9.17, 15) is 48.7 Å². The highest BCUT2D eigenvalue weighted by Gasteiger charge is 2.73. The molecule has 0 spiro atoms. The van der Waals surface area contributed by atoms with E-state index < -0.39 is 57.9 Å². The van der Waals surface area contributed by atoms with Crippen LogP contribution in [0.15, 0.2) is 36.4 Å². The first kappa shape index (κ1) is 29.4. The van der Waals surface area contributed by atoms with Gasteiger partial charge in [0.15, 0.2) is 0 Å². The van der Waals surface area contributed by atoms with E-state index in [0.29, 0.717) is 12.1 Å². The predicted octanol–water partition coefficient (Wildman–Crippen LogP) is 4.92. The molecular formula is C21H18ClF7N2O4S. The first-order valence-corrected chi connectivity index (χ1v) is 11.6. The van der Waals surface area contributed by atoms with Gasteiger partial charge in [0.05, 0.1) is 21.9 Å². The standard InChI is InChI=1S/C21H18ClF7N2O4S/c1-10-8-12(19(23,20(24,25)26)21(27,28)29)6-7-15(10)31-17(32)13-4-3-5-14(22)16(13)18(33)30-11(2)9-36(34)35/h3-8,11,36H,9H2,1-2H3,(H,30,33)(H,31,32)/t11-/m0/s1. The van der Waals surface area contributed by atoms with Crippen LogP contribution in [-0.4, -0.2) is 44.4 Å². The number of halogens is 8. The summed E-state index contributed by atoms with van der Waals surface area (Å²) in [4.78, 5) is 25.4. The van der Waals surface area contributed by atoms with Crippen LogP contribution in [0.5, 0.6) is 0 Å². The SMILES string of the molecule is Cc1cc(C(F)(C(F)(F)F)C(F)(F)F)ccc1NC(=O)c1cccc(Cl)c1C(=O)N[C@@H](C)C[SH](=O)=O. The first-order chi connectivity index (χ1) is 16.4. The molecule has 0 aromatic heterocycles. The number of carbonyl (C=O) groups is 2. The monoisotopic (exact) mass is 562 g/mol. The van der Waals surface area contributed by atoms with Crippen LogP contribution in [0.2, 0.25) is 5.02 Å². The van der Waals surface area contributed by atoms with Gasteiger partial charge in [0.1, 0.15) is 10.7 Å². The molecule has 0 unspecified atom stereocenters. The Bertz CT molecular complexity index is 1220. The normalized spacial score (nSPS) is 13.4. The van der Waals surface area contributed by atoms with E-state index in [1.807, 2.05) is 0 Å². The largest absolute Gasteiger partial charge is 0.435 e. The van der Waals surface area contributed by atoms with Gasteiger partial charge < -0.3 is 10.6 Å². The molecule has 0 saturated carbocycles. The number of hydrogen-bond donors (Lipinski definition) is 3. The Labute approximate surface area is 206 Å². The molecule has 2 amide bonds. The topological polar surface area (TPSA) is 92.3 Å². The molecule has 0 heterocycles. The maximum atomic E-state index is 14.3. The number of rotatable bonds is 7. The fraction of sp³-hybridized carbons (Fsp3) is 0.333. The van der Waals surface area contributed by atoms with E-state index in [1.165, 1.54) is 25.1 Å². The minimum atomic E-state index is -6.30. The Morgan fingerprint density at radius 2 is 1.56 bits per heavy atom. The molecule has 2 aromatic rings. The minimum absolute atomic E-state index is 0.191. The van der Waals surface area contributed by atoms with E-state index in [0.717, 1.165) is 6.92 Å². The Kier molecular flexibility index (Phi) is 8.67. The van der Waals surface area contributed by atoms with Gasteiger partial charge in [-0.3, -0.25) is 9.59 Å². The fourth-order valence-corrected chi connectivity index (χ4v) is 4.00. The lowest BCUT2D eigenvalue weighted by Crippen LogP contribution is -2.50. The molecule has 0 aliphatic heterocycles. The van der Waals surface area contributed by atoms with Gasteiger partial charge in [0.25, 0.3) is 11.8 Å². The third-order valence-electron chi connectivity index (χ3n) is 4.94. The molecule has 0 aliphatic rings. The quantitative estimate of drug-likeness (QED) is 0.330. The van der Waals surface area contributed by atoms with E-state index >= 15 is 0 Å². The number of aryl methyl sites for hydroxylation is 1. The van der Waals surface area contributed by atoms with Gasteiger partial charge in [-0.05, 0) is 37.6 Å². The van der Waals surface area contributed by atoms with Crippen molar-refractivity contribution in [3.63, 3.8) is 0 Å². The van der Waals surface area contributed by atoms with Crippen molar-refractivity contribution in [3.8, 4) is 0 Å². The molecule has 2 N–H and O–H groups in total. The third-order valence-corrected chi connectivity index (χ3v) is 6.10. The molecule has 36 heavy (non-hydrogen) atoms. The maximum Gasteiger partial charge on any atom is 0.435 e. The molecule has 0 radical (unpaired) electrons. The van der Waals surface area contributed by atoms with Gasteiger partial charge in [-0.15, -0.1) is 0 Å². The molecule has 2 aromatic carbocycles. The second-order valence-electron chi connectivity index (χ2n) is 7.69. The molecule has 15 heteroatoms. The molecule has 1 atom stereocenters. The van der Waals surface area contributed by atoms with Crippen molar-refractivity contribution in [1.82, 2.24) is 5.32 Å². The third kappa shape index (κ3) is 6.09. The summed E-state index contributed by atoms with van der Waals surface area (Å²) in [6.07, 6.45) is -12.6. The van der Waals surface area contributed by atoms with Gasteiger partial charge in [-0.1, -0.05) is 29.8 Å². The highest BCUT2D eigenvalue weighted by molar-refractivity contribution is 7.72. The Hall–Kier alpha value is -2.87. The summed E-state index contributed by atoms with van der Waals surface area (Å²) >= 11 is 6.03. The lowest BCUT2D eigenvalue weighted by atomic mass is 9.92. The lowest BCUT2D eigenvalue weighted by molar-refractivity contribution is -0.348. The molecule has 6 nitrogen and oxygen atoms in total. The van der Waals surface area contributed by atoms with Gasteiger partial charge in [0.2, 0.25) is 0 Å². The molecule has 0 aliphatic carbocycles. The van der Waals surface area contributed by atoms with Crippen LogP contribution in [0.3, 0.4) is 0 Å². The summed E-state index contributed by atoms with van der Waals surface area (Å²) in [7, 11) is -2.82. The molecule has 0 bridgehead atoms. The molecular weight excluding hydrogens is 545 g/mol. The van der Waals surface area contributed by atoms with Gasteiger partial charge in [-0.2, -0.15) is 26.3 Å². The van der Waals surface area contributed by atoms with Crippen molar-refractivity contribution in [2.45, 2.75) is 37.9 Å². The highest BCUT2D eigenvalue weighted by Crippen LogP contribution is 2.53. The van der Waals surface area contributed by atoms with E-state index in [4.69, 9.17) is 11.6 Å². The van der Waals surface area contributed by atoms with Crippen molar-refractivity contribution in [2.75, 3.05) is 11.1 Å². The summed E-state index contributed by atoms with van der Waals surface area (Å²) in [6.45, 7) is 2.43. The maximum absolute atomic E-state index is 14.3. The van der Waals surface area contributed by atoms with Gasteiger partial charge >= 0.3 is 18.0 Å². The predicted molar refractivity (Wildman–Crippen MR) is 118 cm³/mol. The van der Waals surface area contributed by atoms with Crippen LogP contribution in [0, 0.1) is 6.92 Å². The smallest absolute Gasteiger partial charge is 0.349 e. The average Bonchev–Trinajstić information content (AvgIpc) is 2.71. The van der Waals surface area contributed by atoms with Crippen LogP contribution in [-0.2, 0) is 16.4 Å². The van der Waals surface area contributed by atoms with Crippen molar-refractivity contribution in [3.05, 3.63) is 63.7 Å². The minimum Gasteiger partial charge on any atom is -0.349 e. The molecule has 2 rings (SSSR count). The number of amides is 2. The number of hydrogen-bond acceptors (Lipinski definition) is 4. The Balaban J connectivity index is 2.41. The van der Waals surface area contributed by atoms with Crippen LogP contribution < -0.4 is 10.6 Å². The summed E-state index contributed by atoms with van der Waals surface area (Å²) in [5, 5.41) is 4.39. The van der Waals surface area contributed by atoms with Crippen LogP contribution in [0.1, 0.15) is 38.8 Å². The second kappa shape index (κ2) is 10.6. The molecule has 198 valence electrons. The summed E-state index contributed by atoms with van der Waals surface area (Å²) in [5.41, 5.74) is -8.65. The number of nitrogens with one attached hydrogen (secondary N) is 2. The Morgan fingerprint density at radius 3 is 2.06 bits per heavy atom. The van der Waals surface area contributed by atoms with Gasteiger partial charge in [-0.25, -0.2) is 12.8 Å². The number of alkyl halides is 7. The van der Waals surface area contributed by atoms with Crippen molar-refractivity contribution >= 4 is 39.8 Å². The van der Waals surface area contributed by atoms with E-state index in [2.05, 4.69) is 10.6 Å². The number of benzene rings is 2. The number of thiol groups is 1. The second-order valence-corrected chi connectivity index (χ2v) is 9.13. The Morgan fingerprint density at radius 1 is 0.972 bits per heavy atom. The summed E-state index contributed by atoms with van der Waals surface area (Å²) in [5.74, 6) is -2.32. The van der Waals surface area contributed by atoms with Crippen molar-refractivity contribution in [1.29, 1.82) is 0 Å². The first-order valence-electron chi connectivity index (χ1n) is 9.86. The highest BCUT2D eigenvalue weighted by atomic mass is 35.5.